The highest BCUT2D eigenvalue weighted by Crippen LogP contribution is 2.32. The van der Waals surface area contributed by atoms with Gasteiger partial charge < -0.3 is 14.2 Å². The van der Waals surface area contributed by atoms with Crippen molar-refractivity contribution in [1.82, 2.24) is 0 Å². The predicted molar refractivity (Wildman–Crippen MR) is 97.1 cm³/mol. The molecule has 0 fully saturated rings. The highest BCUT2D eigenvalue weighted by molar-refractivity contribution is 6.16. The molecule has 2 aromatic carbocycles. The molecule has 0 bridgehead atoms. The lowest BCUT2D eigenvalue weighted by Gasteiger charge is -2.06. The third-order valence-electron chi connectivity index (χ3n) is 4.12. The predicted octanol–water partition coefficient (Wildman–Crippen LogP) is 4.58. The molecular formula is C21H14FNO4. The number of anilines is 1. The van der Waals surface area contributed by atoms with Gasteiger partial charge in [0.1, 0.15) is 11.4 Å². The molecule has 0 spiro atoms. The molecule has 0 aliphatic carbocycles. The monoisotopic (exact) mass is 363 g/mol. The Morgan fingerprint density at radius 1 is 0.963 bits per heavy atom. The number of hydrogen-bond acceptors (Lipinski definition) is 4. The number of fused-ring (bicyclic) bond motifs is 1. The van der Waals surface area contributed by atoms with Crippen molar-refractivity contribution in [2.45, 2.75) is 6.42 Å². The van der Waals surface area contributed by atoms with Crippen LogP contribution < -0.4 is 5.32 Å². The molecule has 6 heteroatoms. The number of nitrogens with one attached hydrogen (secondary N) is 1. The SMILES string of the molecule is O=C(Cc1ccccc1F)Nc1c(C(=O)c2ccco2)oc2ccccc12. The summed E-state index contributed by atoms with van der Waals surface area (Å²) in [5.41, 5.74) is 0.962. The number of rotatable bonds is 5. The third-order valence-corrected chi connectivity index (χ3v) is 4.12. The Hall–Kier alpha value is -3.67. The van der Waals surface area contributed by atoms with Crippen LogP contribution in [-0.4, -0.2) is 11.7 Å². The zero-order chi connectivity index (χ0) is 18.8. The zero-order valence-corrected chi connectivity index (χ0v) is 14.1. The number of ketones is 1. The summed E-state index contributed by atoms with van der Waals surface area (Å²) in [4.78, 5) is 25.2. The topological polar surface area (TPSA) is 72.5 Å². The molecule has 1 amide bonds. The molecule has 0 aliphatic heterocycles. The van der Waals surface area contributed by atoms with Gasteiger partial charge >= 0.3 is 0 Å². The van der Waals surface area contributed by atoms with Crippen molar-refractivity contribution in [2.75, 3.05) is 5.32 Å². The first-order valence-electron chi connectivity index (χ1n) is 8.26. The Labute approximate surface area is 153 Å². The van der Waals surface area contributed by atoms with Gasteiger partial charge in [-0.2, -0.15) is 0 Å². The molecule has 1 N–H and O–H groups in total. The summed E-state index contributed by atoms with van der Waals surface area (Å²) in [7, 11) is 0. The van der Waals surface area contributed by atoms with Crippen LogP contribution in [0.15, 0.2) is 75.8 Å². The van der Waals surface area contributed by atoms with E-state index in [9.17, 15) is 14.0 Å². The van der Waals surface area contributed by atoms with Crippen LogP contribution in [0.2, 0.25) is 0 Å². The second-order valence-corrected chi connectivity index (χ2v) is 5.93. The van der Waals surface area contributed by atoms with Crippen LogP contribution in [0.3, 0.4) is 0 Å². The van der Waals surface area contributed by atoms with Gasteiger partial charge in [0.15, 0.2) is 5.76 Å². The zero-order valence-electron chi connectivity index (χ0n) is 14.1. The molecule has 134 valence electrons. The first-order valence-corrected chi connectivity index (χ1v) is 8.26. The van der Waals surface area contributed by atoms with E-state index in [0.29, 0.717) is 11.0 Å². The summed E-state index contributed by atoms with van der Waals surface area (Å²) in [5, 5.41) is 3.27. The smallest absolute Gasteiger partial charge is 0.265 e. The van der Waals surface area contributed by atoms with E-state index in [-0.39, 0.29) is 29.2 Å². The van der Waals surface area contributed by atoms with Gasteiger partial charge in [0.2, 0.25) is 11.7 Å². The van der Waals surface area contributed by atoms with Crippen molar-refractivity contribution in [3.8, 4) is 0 Å². The fraction of sp³-hybridized carbons (Fsp3) is 0.0476. The number of furan rings is 2. The lowest BCUT2D eigenvalue weighted by Crippen LogP contribution is -2.17. The largest absolute Gasteiger partial charge is 0.461 e. The van der Waals surface area contributed by atoms with Crippen molar-refractivity contribution >= 4 is 28.3 Å². The average Bonchev–Trinajstić information content (AvgIpc) is 3.32. The summed E-state index contributed by atoms with van der Waals surface area (Å²) in [6, 6.07) is 16.1. The van der Waals surface area contributed by atoms with E-state index < -0.39 is 17.5 Å². The van der Waals surface area contributed by atoms with Gasteiger partial charge in [-0.15, -0.1) is 0 Å². The molecule has 5 nitrogen and oxygen atoms in total. The number of carbonyl (C=O) groups excluding carboxylic acids is 2. The van der Waals surface area contributed by atoms with E-state index in [0.717, 1.165) is 0 Å². The molecule has 2 heterocycles. The number of para-hydroxylation sites is 1. The molecule has 0 saturated carbocycles. The minimum absolute atomic E-state index is 0.0342. The van der Waals surface area contributed by atoms with Crippen LogP contribution in [0, 0.1) is 5.82 Å². The highest BCUT2D eigenvalue weighted by Gasteiger charge is 2.25. The molecule has 0 saturated heterocycles. The van der Waals surface area contributed by atoms with Gasteiger partial charge in [-0.1, -0.05) is 30.3 Å². The Kier molecular flexibility index (Phi) is 4.30. The number of amides is 1. The Morgan fingerprint density at radius 3 is 2.52 bits per heavy atom. The average molecular weight is 363 g/mol. The summed E-state index contributed by atoms with van der Waals surface area (Å²) < 4.78 is 24.6. The minimum atomic E-state index is -0.489. The third kappa shape index (κ3) is 3.25. The van der Waals surface area contributed by atoms with Gasteiger partial charge in [0, 0.05) is 5.39 Å². The van der Waals surface area contributed by atoms with Crippen LogP contribution in [0.25, 0.3) is 11.0 Å². The maximum atomic E-state index is 13.8. The van der Waals surface area contributed by atoms with Gasteiger partial charge in [-0.3, -0.25) is 9.59 Å². The lowest BCUT2D eigenvalue weighted by atomic mass is 10.1. The maximum absolute atomic E-state index is 13.8. The highest BCUT2D eigenvalue weighted by atomic mass is 19.1. The fourth-order valence-corrected chi connectivity index (χ4v) is 2.85. The molecule has 27 heavy (non-hydrogen) atoms. The molecular weight excluding hydrogens is 349 g/mol. The first-order chi connectivity index (χ1) is 13.1. The Bertz CT molecular complexity index is 1130. The van der Waals surface area contributed by atoms with E-state index in [1.54, 1.807) is 42.5 Å². The van der Waals surface area contributed by atoms with E-state index in [1.165, 1.54) is 24.5 Å². The second kappa shape index (κ2) is 6.92. The standard InChI is InChI=1S/C21H14FNO4/c22-15-8-3-1-6-13(15)12-18(24)23-19-14-7-2-4-9-16(14)27-21(19)20(25)17-10-5-11-26-17/h1-11H,12H2,(H,23,24). The van der Waals surface area contributed by atoms with Crippen LogP contribution >= 0.6 is 0 Å². The fourth-order valence-electron chi connectivity index (χ4n) is 2.85. The van der Waals surface area contributed by atoms with Crippen molar-refractivity contribution in [2.24, 2.45) is 0 Å². The van der Waals surface area contributed by atoms with Crippen molar-refractivity contribution in [3.63, 3.8) is 0 Å². The number of hydrogen-bond donors (Lipinski definition) is 1. The number of halogens is 1. The number of benzene rings is 2. The molecule has 0 atom stereocenters. The van der Waals surface area contributed by atoms with Crippen molar-refractivity contribution in [1.29, 1.82) is 0 Å². The van der Waals surface area contributed by atoms with Crippen LogP contribution in [-0.2, 0) is 11.2 Å². The summed E-state index contributed by atoms with van der Waals surface area (Å²) in [6.07, 6.45) is 1.22. The lowest BCUT2D eigenvalue weighted by molar-refractivity contribution is -0.115. The summed E-state index contributed by atoms with van der Waals surface area (Å²) in [5.74, 6) is -1.35. The van der Waals surface area contributed by atoms with E-state index >= 15 is 0 Å². The van der Waals surface area contributed by atoms with Gasteiger partial charge in [0.05, 0.1) is 18.4 Å². The number of carbonyl (C=O) groups is 2. The molecule has 0 radical (unpaired) electrons. The maximum Gasteiger partial charge on any atom is 0.265 e. The van der Waals surface area contributed by atoms with Crippen LogP contribution in [0.1, 0.15) is 21.9 Å². The van der Waals surface area contributed by atoms with Crippen LogP contribution in [0.4, 0.5) is 10.1 Å². The minimum Gasteiger partial charge on any atom is -0.461 e. The van der Waals surface area contributed by atoms with E-state index in [1.807, 2.05) is 0 Å². The van der Waals surface area contributed by atoms with Crippen molar-refractivity contribution in [3.05, 3.63) is 89.8 Å². The molecule has 4 aromatic rings. The summed E-state index contributed by atoms with van der Waals surface area (Å²) in [6.45, 7) is 0. The first kappa shape index (κ1) is 16.8. The normalized spacial score (nSPS) is 10.9. The summed E-state index contributed by atoms with van der Waals surface area (Å²) >= 11 is 0. The molecule has 4 rings (SSSR count). The van der Waals surface area contributed by atoms with Gasteiger partial charge in [-0.25, -0.2) is 4.39 Å². The molecule has 0 unspecified atom stereocenters. The molecule has 0 aliphatic rings. The van der Waals surface area contributed by atoms with Crippen molar-refractivity contribution < 1.29 is 22.8 Å². The van der Waals surface area contributed by atoms with Crippen LogP contribution in [0.5, 0.6) is 0 Å². The molecule has 2 aromatic heterocycles. The van der Waals surface area contributed by atoms with Gasteiger partial charge in [-0.05, 0) is 35.9 Å². The quantitative estimate of drug-likeness (QED) is 0.527. The second-order valence-electron chi connectivity index (χ2n) is 5.93. The van der Waals surface area contributed by atoms with E-state index in [4.69, 9.17) is 8.83 Å². The Balaban J connectivity index is 1.70. The van der Waals surface area contributed by atoms with E-state index in [2.05, 4.69) is 5.32 Å². The Morgan fingerprint density at radius 2 is 1.74 bits per heavy atom. The van der Waals surface area contributed by atoms with Gasteiger partial charge in [0.25, 0.3) is 5.78 Å².